The van der Waals surface area contributed by atoms with E-state index in [9.17, 15) is 9.18 Å². The smallest absolute Gasteiger partial charge is 0.262 e. The number of hydrogen-bond donors (Lipinski definition) is 1. The minimum absolute atomic E-state index is 0.270. The quantitative estimate of drug-likeness (QED) is 0.900. The van der Waals surface area contributed by atoms with E-state index < -0.39 is 11.7 Å². The van der Waals surface area contributed by atoms with Crippen molar-refractivity contribution in [2.45, 2.75) is 6.92 Å². The first-order valence-corrected chi connectivity index (χ1v) is 6.86. The summed E-state index contributed by atoms with van der Waals surface area (Å²) in [7, 11) is 0. The van der Waals surface area contributed by atoms with Gasteiger partial charge >= 0.3 is 0 Å². The van der Waals surface area contributed by atoms with Crippen LogP contribution in [0.3, 0.4) is 0 Å². The molecule has 3 nitrogen and oxygen atoms in total. The first-order valence-electron chi connectivity index (χ1n) is 6.10. The highest BCUT2D eigenvalue weighted by molar-refractivity contribution is 6.40. The minimum Gasteiger partial charge on any atom is -0.484 e. The monoisotopic (exact) mass is 327 g/mol. The Morgan fingerprint density at radius 2 is 2.05 bits per heavy atom. The lowest BCUT2D eigenvalue weighted by molar-refractivity contribution is -0.118. The van der Waals surface area contributed by atoms with E-state index in [4.69, 9.17) is 27.9 Å². The van der Waals surface area contributed by atoms with Crippen LogP contribution in [0, 0.1) is 12.7 Å². The maximum atomic E-state index is 13.0. The number of nitrogens with one attached hydrogen (secondary N) is 1. The molecule has 0 saturated carbocycles. The van der Waals surface area contributed by atoms with E-state index in [1.165, 1.54) is 18.2 Å². The van der Waals surface area contributed by atoms with E-state index in [0.717, 1.165) is 5.56 Å². The molecule has 1 amide bonds. The molecule has 0 saturated heterocycles. The summed E-state index contributed by atoms with van der Waals surface area (Å²) in [5, 5.41) is 3.30. The number of aryl methyl sites for hydroxylation is 1. The van der Waals surface area contributed by atoms with E-state index in [1.807, 2.05) is 0 Å². The molecule has 110 valence electrons. The fourth-order valence-corrected chi connectivity index (χ4v) is 2.12. The van der Waals surface area contributed by atoms with Gasteiger partial charge in [0.25, 0.3) is 5.91 Å². The van der Waals surface area contributed by atoms with Crippen molar-refractivity contribution >= 4 is 34.8 Å². The molecule has 0 bridgehead atoms. The number of halogens is 3. The number of benzene rings is 2. The van der Waals surface area contributed by atoms with Crippen LogP contribution in [0.15, 0.2) is 36.4 Å². The number of amides is 1. The summed E-state index contributed by atoms with van der Waals surface area (Å²) in [6, 6.07) is 8.94. The number of anilines is 1. The standard InChI is InChI=1S/C15H12Cl2FNO2/c1-9-5-6-12(16)15(14(9)17)19-13(20)8-21-11-4-2-3-10(18)7-11/h2-7H,8H2,1H3,(H,19,20). The molecule has 0 radical (unpaired) electrons. The van der Waals surface area contributed by atoms with Gasteiger partial charge in [0.05, 0.1) is 15.7 Å². The maximum absolute atomic E-state index is 13.0. The number of rotatable bonds is 4. The van der Waals surface area contributed by atoms with Gasteiger partial charge in [-0.05, 0) is 30.7 Å². The summed E-state index contributed by atoms with van der Waals surface area (Å²) >= 11 is 12.1. The molecule has 0 aliphatic heterocycles. The highest BCUT2D eigenvalue weighted by atomic mass is 35.5. The molecule has 0 fully saturated rings. The zero-order valence-corrected chi connectivity index (χ0v) is 12.6. The Morgan fingerprint density at radius 3 is 2.76 bits per heavy atom. The highest BCUT2D eigenvalue weighted by Gasteiger charge is 2.12. The summed E-state index contributed by atoms with van der Waals surface area (Å²) < 4.78 is 18.2. The van der Waals surface area contributed by atoms with Gasteiger partial charge in [0.15, 0.2) is 6.61 Å². The Morgan fingerprint density at radius 1 is 1.29 bits per heavy atom. The Labute approximate surface area is 131 Å². The van der Waals surface area contributed by atoms with E-state index >= 15 is 0 Å². The Bertz CT molecular complexity index is 677. The number of carbonyl (C=O) groups is 1. The predicted molar refractivity (Wildman–Crippen MR) is 81.7 cm³/mol. The average Bonchev–Trinajstić information content (AvgIpc) is 2.46. The summed E-state index contributed by atoms with van der Waals surface area (Å²) in [6.45, 7) is 1.53. The molecule has 0 aromatic heterocycles. The first kappa shape index (κ1) is 15.6. The molecule has 0 aliphatic carbocycles. The Hall–Kier alpha value is -1.78. The number of carbonyl (C=O) groups excluding carboxylic acids is 1. The lowest BCUT2D eigenvalue weighted by Gasteiger charge is -2.11. The molecule has 1 N–H and O–H groups in total. The SMILES string of the molecule is Cc1ccc(Cl)c(NC(=O)COc2cccc(F)c2)c1Cl. The van der Waals surface area contributed by atoms with Crippen LogP contribution in [0.2, 0.25) is 10.0 Å². The van der Waals surface area contributed by atoms with Gasteiger partial charge in [-0.2, -0.15) is 0 Å². The molecule has 6 heteroatoms. The van der Waals surface area contributed by atoms with Gasteiger partial charge in [0, 0.05) is 6.07 Å². The number of ether oxygens (including phenoxy) is 1. The van der Waals surface area contributed by atoms with Crippen molar-refractivity contribution in [1.82, 2.24) is 0 Å². The van der Waals surface area contributed by atoms with E-state index in [-0.39, 0.29) is 12.4 Å². The van der Waals surface area contributed by atoms with E-state index in [0.29, 0.717) is 15.7 Å². The molecule has 0 unspecified atom stereocenters. The second-order valence-electron chi connectivity index (χ2n) is 4.35. The van der Waals surface area contributed by atoms with Crippen LogP contribution in [-0.4, -0.2) is 12.5 Å². The molecule has 21 heavy (non-hydrogen) atoms. The molecule has 0 heterocycles. The third-order valence-electron chi connectivity index (χ3n) is 2.71. The summed E-state index contributed by atoms with van der Waals surface area (Å²) in [5.74, 6) is -0.599. The van der Waals surface area contributed by atoms with E-state index in [2.05, 4.69) is 5.32 Å². The van der Waals surface area contributed by atoms with Crippen molar-refractivity contribution in [2.24, 2.45) is 0 Å². The van der Waals surface area contributed by atoms with Gasteiger partial charge < -0.3 is 10.1 Å². The molecule has 0 aliphatic rings. The largest absolute Gasteiger partial charge is 0.484 e. The molecular weight excluding hydrogens is 316 g/mol. The van der Waals surface area contributed by atoms with Crippen LogP contribution in [0.4, 0.5) is 10.1 Å². The second kappa shape index (κ2) is 6.78. The molecule has 2 aromatic carbocycles. The summed E-state index contributed by atoms with van der Waals surface area (Å²) in [5.41, 5.74) is 1.13. The predicted octanol–water partition coefficient (Wildman–Crippen LogP) is 4.46. The zero-order valence-electron chi connectivity index (χ0n) is 11.1. The zero-order chi connectivity index (χ0) is 15.4. The Kier molecular flexibility index (Phi) is 5.04. The van der Waals surface area contributed by atoms with E-state index in [1.54, 1.807) is 25.1 Å². The molecule has 2 aromatic rings. The van der Waals surface area contributed by atoms with Crippen LogP contribution >= 0.6 is 23.2 Å². The fourth-order valence-electron chi connectivity index (χ4n) is 1.65. The summed E-state index contributed by atoms with van der Waals surface area (Å²) in [6.07, 6.45) is 0. The van der Waals surface area contributed by atoms with Crippen LogP contribution in [-0.2, 0) is 4.79 Å². The van der Waals surface area contributed by atoms with Gasteiger partial charge in [0.2, 0.25) is 0 Å². The molecule has 2 rings (SSSR count). The van der Waals surface area contributed by atoms with Crippen molar-refractivity contribution in [3.05, 3.63) is 57.8 Å². The topological polar surface area (TPSA) is 38.3 Å². The van der Waals surface area contributed by atoms with Gasteiger partial charge in [-0.25, -0.2) is 4.39 Å². The highest BCUT2D eigenvalue weighted by Crippen LogP contribution is 2.32. The van der Waals surface area contributed by atoms with Crippen LogP contribution < -0.4 is 10.1 Å². The number of hydrogen-bond acceptors (Lipinski definition) is 2. The van der Waals surface area contributed by atoms with Crippen molar-refractivity contribution in [1.29, 1.82) is 0 Å². The maximum Gasteiger partial charge on any atom is 0.262 e. The minimum atomic E-state index is -0.436. The van der Waals surface area contributed by atoms with Gasteiger partial charge in [-0.15, -0.1) is 0 Å². The van der Waals surface area contributed by atoms with Crippen molar-refractivity contribution in [3.63, 3.8) is 0 Å². The third kappa shape index (κ3) is 4.09. The average molecular weight is 328 g/mol. The second-order valence-corrected chi connectivity index (χ2v) is 5.13. The van der Waals surface area contributed by atoms with Gasteiger partial charge in [0.1, 0.15) is 11.6 Å². The first-order chi connectivity index (χ1) is 9.97. The van der Waals surface area contributed by atoms with Crippen molar-refractivity contribution in [3.8, 4) is 5.75 Å². The Balaban J connectivity index is 2.01. The lowest BCUT2D eigenvalue weighted by atomic mass is 10.2. The fraction of sp³-hybridized carbons (Fsp3) is 0.133. The van der Waals surface area contributed by atoms with Crippen LogP contribution in [0.25, 0.3) is 0 Å². The third-order valence-corrected chi connectivity index (χ3v) is 3.52. The molecular formula is C15H12Cl2FNO2. The molecule has 0 atom stereocenters. The van der Waals surface area contributed by atoms with Crippen LogP contribution in [0.5, 0.6) is 5.75 Å². The summed E-state index contributed by atoms with van der Waals surface area (Å²) in [4.78, 5) is 11.8. The molecule has 0 spiro atoms. The normalized spacial score (nSPS) is 10.3. The van der Waals surface area contributed by atoms with Crippen molar-refractivity contribution in [2.75, 3.05) is 11.9 Å². The van der Waals surface area contributed by atoms with Gasteiger partial charge in [-0.3, -0.25) is 4.79 Å². The van der Waals surface area contributed by atoms with Crippen molar-refractivity contribution < 1.29 is 13.9 Å². The lowest BCUT2D eigenvalue weighted by Crippen LogP contribution is -2.20. The van der Waals surface area contributed by atoms with Gasteiger partial charge in [-0.1, -0.05) is 35.3 Å². The van der Waals surface area contributed by atoms with Crippen LogP contribution in [0.1, 0.15) is 5.56 Å².